The molecule has 0 aliphatic heterocycles. The Morgan fingerprint density at radius 3 is 0.759 bits per heavy atom. The zero-order valence-corrected chi connectivity index (χ0v) is 29.6. The maximum Gasteiger partial charge on any atom is -0.00201 e. The fraction of sp³-hybridized carbons (Fsp3) is 0. The molecule has 0 unspecified atom stereocenters. The van der Waals surface area contributed by atoms with Gasteiger partial charge < -0.3 is 0 Å². The molecule has 0 nitrogen and oxygen atoms in total. The van der Waals surface area contributed by atoms with Gasteiger partial charge in [-0.05, 0) is 121 Å². The van der Waals surface area contributed by atoms with Gasteiger partial charge in [0.15, 0.2) is 0 Å². The molecule has 0 spiro atoms. The van der Waals surface area contributed by atoms with Crippen LogP contribution in [0.25, 0.3) is 109 Å². The van der Waals surface area contributed by atoms with Crippen LogP contribution in [0.2, 0.25) is 0 Å². The van der Waals surface area contributed by atoms with E-state index in [1.54, 1.807) is 0 Å². The molecule has 11 rings (SSSR count). The number of hydrogen-bond donors (Lipinski definition) is 0. The molecule has 0 radical (unpaired) electrons. The zero-order chi connectivity index (χ0) is 35.6. The summed E-state index contributed by atoms with van der Waals surface area (Å²) in [4.78, 5) is 0. The van der Waals surface area contributed by atoms with Crippen LogP contribution < -0.4 is 0 Å². The molecule has 0 atom stereocenters. The highest BCUT2D eigenvalue weighted by Gasteiger charge is 2.22. The van der Waals surface area contributed by atoms with Crippen molar-refractivity contribution in [2.75, 3.05) is 0 Å². The summed E-state index contributed by atoms with van der Waals surface area (Å²) < 4.78 is 0. The minimum atomic E-state index is 1.24. The monoisotopic (exact) mass is 682 g/mol. The van der Waals surface area contributed by atoms with Crippen molar-refractivity contribution in [2.45, 2.75) is 0 Å². The Morgan fingerprint density at radius 1 is 0.185 bits per heavy atom. The molecular formula is C54H34. The first-order valence-electron chi connectivity index (χ1n) is 18.8. The molecule has 0 saturated carbocycles. The summed E-state index contributed by atoms with van der Waals surface area (Å²) in [6, 6.07) is 76.1. The minimum Gasteiger partial charge on any atom is -0.0622 e. The SMILES string of the molecule is c1ccc(-c2c3ccccc3c(-c3ccc(-c4c5ccccc5c(-c5ccccc5)c5ccccc45)c4cc5ccccc5cc34)c3ccccc23)cc1. The van der Waals surface area contributed by atoms with Crippen LogP contribution in [0.15, 0.2) is 206 Å². The summed E-state index contributed by atoms with van der Waals surface area (Å²) >= 11 is 0. The van der Waals surface area contributed by atoms with Gasteiger partial charge >= 0.3 is 0 Å². The maximum atomic E-state index is 2.43. The van der Waals surface area contributed by atoms with Gasteiger partial charge in [0.05, 0.1) is 0 Å². The Kier molecular flexibility index (Phi) is 6.97. The first kappa shape index (κ1) is 30.6. The van der Waals surface area contributed by atoms with E-state index in [1.165, 1.54) is 109 Å². The third kappa shape index (κ3) is 4.64. The average molecular weight is 683 g/mol. The van der Waals surface area contributed by atoms with Crippen LogP contribution in [-0.4, -0.2) is 0 Å². The van der Waals surface area contributed by atoms with Gasteiger partial charge in [0.1, 0.15) is 0 Å². The second-order valence-electron chi connectivity index (χ2n) is 14.3. The fourth-order valence-electron chi connectivity index (χ4n) is 9.14. The van der Waals surface area contributed by atoms with Crippen molar-refractivity contribution in [2.24, 2.45) is 0 Å². The second kappa shape index (κ2) is 12.3. The van der Waals surface area contributed by atoms with Crippen molar-refractivity contribution in [1.82, 2.24) is 0 Å². The van der Waals surface area contributed by atoms with Gasteiger partial charge in [-0.2, -0.15) is 0 Å². The molecule has 0 aliphatic rings. The van der Waals surface area contributed by atoms with E-state index in [-0.39, 0.29) is 0 Å². The zero-order valence-electron chi connectivity index (χ0n) is 29.6. The van der Waals surface area contributed by atoms with Crippen molar-refractivity contribution in [1.29, 1.82) is 0 Å². The molecule has 0 heterocycles. The fourth-order valence-corrected chi connectivity index (χ4v) is 9.14. The van der Waals surface area contributed by atoms with Gasteiger partial charge in [-0.15, -0.1) is 0 Å². The summed E-state index contributed by atoms with van der Waals surface area (Å²) in [5, 5.41) is 15.1. The van der Waals surface area contributed by atoms with Gasteiger partial charge in [0.25, 0.3) is 0 Å². The molecule has 54 heavy (non-hydrogen) atoms. The average Bonchev–Trinajstić information content (AvgIpc) is 3.24. The summed E-state index contributed by atoms with van der Waals surface area (Å²) in [5.41, 5.74) is 10.1. The van der Waals surface area contributed by atoms with Crippen LogP contribution in [0.5, 0.6) is 0 Å². The maximum absolute atomic E-state index is 2.43. The van der Waals surface area contributed by atoms with Gasteiger partial charge in [0.2, 0.25) is 0 Å². The molecule has 0 heteroatoms. The van der Waals surface area contributed by atoms with Crippen molar-refractivity contribution < 1.29 is 0 Å². The first-order chi connectivity index (χ1) is 26.8. The quantitative estimate of drug-likeness (QED) is 0.162. The van der Waals surface area contributed by atoms with Crippen molar-refractivity contribution in [3.63, 3.8) is 0 Å². The molecular weight excluding hydrogens is 649 g/mol. The Morgan fingerprint density at radius 2 is 0.444 bits per heavy atom. The highest BCUT2D eigenvalue weighted by atomic mass is 14.2. The van der Waals surface area contributed by atoms with Crippen LogP contribution >= 0.6 is 0 Å². The molecule has 0 fully saturated rings. The van der Waals surface area contributed by atoms with Crippen LogP contribution in [0, 0.1) is 0 Å². The number of fused-ring (bicyclic) bond motifs is 6. The van der Waals surface area contributed by atoms with Gasteiger partial charge in [-0.3, -0.25) is 0 Å². The third-order valence-corrected chi connectivity index (χ3v) is 11.4. The van der Waals surface area contributed by atoms with Crippen molar-refractivity contribution in [3.8, 4) is 44.5 Å². The number of hydrogen-bond acceptors (Lipinski definition) is 0. The van der Waals surface area contributed by atoms with Gasteiger partial charge in [-0.1, -0.05) is 194 Å². The van der Waals surface area contributed by atoms with E-state index >= 15 is 0 Å². The topological polar surface area (TPSA) is 0 Å². The van der Waals surface area contributed by atoms with E-state index in [1.807, 2.05) is 0 Å². The van der Waals surface area contributed by atoms with Gasteiger partial charge in [0, 0.05) is 0 Å². The van der Waals surface area contributed by atoms with E-state index < -0.39 is 0 Å². The minimum absolute atomic E-state index is 1.24. The molecule has 11 aromatic rings. The van der Waals surface area contributed by atoms with Gasteiger partial charge in [-0.25, -0.2) is 0 Å². The summed E-state index contributed by atoms with van der Waals surface area (Å²) in [7, 11) is 0. The molecule has 250 valence electrons. The lowest BCUT2D eigenvalue weighted by Crippen LogP contribution is -1.94. The number of rotatable bonds is 4. The van der Waals surface area contributed by atoms with E-state index in [0.29, 0.717) is 0 Å². The third-order valence-electron chi connectivity index (χ3n) is 11.4. The van der Waals surface area contributed by atoms with E-state index in [4.69, 9.17) is 0 Å². The van der Waals surface area contributed by atoms with Crippen LogP contribution in [0.1, 0.15) is 0 Å². The van der Waals surface area contributed by atoms with Crippen LogP contribution in [-0.2, 0) is 0 Å². The molecule has 0 N–H and O–H groups in total. The Bertz CT molecular complexity index is 2910. The first-order valence-corrected chi connectivity index (χ1v) is 18.8. The predicted molar refractivity (Wildman–Crippen MR) is 233 cm³/mol. The van der Waals surface area contributed by atoms with E-state index in [2.05, 4.69) is 206 Å². The van der Waals surface area contributed by atoms with E-state index in [0.717, 1.165) is 0 Å². The molecule has 0 aromatic heterocycles. The summed E-state index contributed by atoms with van der Waals surface area (Å²) in [6.45, 7) is 0. The Labute approximate surface area is 314 Å². The Balaban J connectivity index is 1.29. The predicted octanol–water partition coefficient (Wildman–Crippen LogP) is 15.3. The van der Waals surface area contributed by atoms with Crippen LogP contribution in [0.3, 0.4) is 0 Å². The largest absolute Gasteiger partial charge is 0.0622 e. The molecule has 0 amide bonds. The standard InChI is InChI=1S/C54H34/c1-3-17-35(18-4-1)51-39-23-9-13-27-43(39)53(44-28-14-10-24-40(44)51)47-31-32-48(50-34-38-22-8-7-21-37(38)33-49(47)50)54-45-29-15-11-25-41(45)52(36-19-5-2-6-20-36)42-26-12-16-30-46(42)54/h1-34H. The molecule has 0 bridgehead atoms. The lowest BCUT2D eigenvalue weighted by molar-refractivity contribution is 1.66. The highest BCUT2D eigenvalue weighted by molar-refractivity contribution is 6.28. The molecule has 0 aliphatic carbocycles. The van der Waals surface area contributed by atoms with E-state index in [9.17, 15) is 0 Å². The summed E-state index contributed by atoms with van der Waals surface area (Å²) in [6.07, 6.45) is 0. The summed E-state index contributed by atoms with van der Waals surface area (Å²) in [5.74, 6) is 0. The second-order valence-corrected chi connectivity index (χ2v) is 14.3. The van der Waals surface area contributed by atoms with Crippen molar-refractivity contribution in [3.05, 3.63) is 206 Å². The molecule has 0 saturated heterocycles. The van der Waals surface area contributed by atoms with Crippen LogP contribution in [0.4, 0.5) is 0 Å². The molecule has 11 aromatic carbocycles. The van der Waals surface area contributed by atoms with Crippen molar-refractivity contribution >= 4 is 64.6 Å². The highest BCUT2D eigenvalue weighted by Crippen LogP contribution is 2.50. The Hall–Kier alpha value is -7.02. The number of benzene rings is 11. The lowest BCUT2D eigenvalue weighted by atomic mass is 9.81. The smallest absolute Gasteiger partial charge is 0.00201 e. The lowest BCUT2D eigenvalue weighted by Gasteiger charge is -2.22. The normalized spacial score (nSPS) is 11.7.